The van der Waals surface area contributed by atoms with Gasteiger partial charge >= 0.3 is 0 Å². The number of benzene rings is 8. The molecule has 2 atom stereocenters. The third kappa shape index (κ3) is 9.53. The average molecular weight is 1050 g/mol. The van der Waals surface area contributed by atoms with E-state index in [4.69, 9.17) is 4.55 Å². The van der Waals surface area contributed by atoms with Crippen LogP contribution in [0.1, 0.15) is 77.1 Å². The molecule has 13 rings (SSSR count). The van der Waals surface area contributed by atoms with E-state index in [1.807, 2.05) is 0 Å². The van der Waals surface area contributed by atoms with E-state index in [0.29, 0.717) is 6.26 Å². The highest BCUT2D eigenvalue weighted by atomic mass is 32.2. The molecular weight excluding hydrogens is 987 g/mol. The van der Waals surface area contributed by atoms with Crippen molar-refractivity contribution in [3.8, 4) is 22.5 Å². The monoisotopic (exact) mass is 1050 g/mol. The number of aromatic nitrogens is 2. The molecule has 0 bridgehead atoms. The lowest BCUT2D eigenvalue weighted by Crippen LogP contribution is -2.23. The summed E-state index contributed by atoms with van der Waals surface area (Å²) in [5.74, 6) is 0.0421. The Morgan fingerprint density at radius 3 is 1.65 bits per heavy atom. The molecule has 2 aliphatic carbocycles. The predicted molar refractivity (Wildman–Crippen MR) is 331 cm³/mol. The van der Waals surface area contributed by atoms with E-state index in [0.717, 1.165) is 19.3 Å². The fourth-order valence-corrected chi connectivity index (χ4v) is 13.0. The van der Waals surface area contributed by atoms with Crippen LogP contribution in [0.4, 0.5) is 5.69 Å². The number of hydrogen-bond donors (Lipinski definition) is 1. The Kier molecular flexibility index (Phi) is 13.7. The number of hydrogen-bond acceptors (Lipinski definition) is 3. The summed E-state index contributed by atoms with van der Waals surface area (Å²) in [6.07, 6.45) is 11.5. The zero-order valence-electron chi connectivity index (χ0n) is 45.3. The van der Waals surface area contributed by atoms with E-state index in [9.17, 15) is 8.42 Å². The molecule has 2 aromatic heterocycles. The summed E-state index contributed by atoms with van der Waals surface area (Å²) in [6.45, 7) is 2.32. The van der Waals surface area contributed by atoms with Gasteiger partial charge in [-0.1, -0.05) is 218 Å². The summed E-state index contributed by atoms with van der Waals surface area (Å²) in [4.78, 5) is 2.53. The largest absolute Gasteiger partial charge is 0.366 e. The van der Waals surface area contributed by atoms with Crippen molar-refractivity contribution in [1.29, 1.82) is 0 Å². The molecule has 1 N–H and O–H groups in total. The van der Waals surface area contributed by atoms with Crippen molar-refractivity contribution in [2.45, 2.75) is 38.1 Å². The molecule has 0 radical (unpaired) electrons. The molecule has 0 saturated carbocycles. The second-order valence-electron chi connectivity index (χ2n) is 21.2. The lowest BCUT2D eigenvalue weighted by Gasteiger charge is -2.30. The smallest absolute Gasteiger partial charge is 0.261 e. The summed E-state index contributed by atoms with van der Waals surface area (Å²) in [5.41, 5.74) is 26.9. The van der Waals surface area contributed by atoms with Crippen LogP contribution in [0.3, 0.4) is 0 Å². The molecular formula is C72H63N3O3S. The number of fused-ring (bicyclic) bond motifs is 4. The van der Waals surface area contributed by atoms with Crippen LogP contribution in [0.25, 0.3) is 72.2 Å². The molecule has 8 aromatic carbocycles. The number of allylic oxidation sites excluding steroid dienone is 9. The van der Waals surface area contributed by atoms with Crippen LogP contribution in [0.5, 0.6) is 0 Å². The third-order valence-electron chi connectivity index (χ3n) is 16.3. The van der Waals surface area contributed by atoms with Gasteiger partial charge in [0.05, 0.1) is 23.7 Å². The van der Waals surface area contributed by atoms with Gasteiger partial charge in [0.25, 0.3) is 10.1 Å². The predicted octanol–water partition coefficient (Wildman–Crippen LogP) is 17.5. The molecule has 1 aliphatic heterocycles. The molecule has 3 heterocycles. The number of aryl methyl sites for hydroxylation is 2. The van der Waals surface area contributed by atoms with Gasteiger partial charge in [-0.25, -0.2) is 0 Å². The standard InChI is InChI=1S/C71H59N3.CH4O3S/c1-47-54-36-17-18-37-55(54)65(64(47)50-28-9-5-10-29-50)59(66-56-38-19-22-41-61(56)72(2)69(66)51-30-11-6-12-31-51)45-48-26-25-27-49(44-48)46-60(67-57-39-20-23-42-62(57)73(3)70(67)52-32-13-7-14-33-52)68-58-40-21-24-43-63(58)74(4)71(68)53-34-15-8-16-35-53;1-5(2,3)4/h5-24,28-46,67,70H,25-27H2,1-4H3;1H3,(H,2,3,4)/b48-45+,60-46+,65-59+;. The van der Waals surface area contributed by atoms with Gasteiger partial charge < -0.3 is 14.0 Å². The Morgan fingerprint density at radius 2 is 1.04 bits per heavy atom. The number of para-hydroxylation sites is 3. The maximum atomic E-state index is 9.19. The van der Waals surface area contributed by atoms with Crippen molar-refractivity contribution in [3.05, 3.63) is 287 Å². The number of rotatable bonds is 9. The van der Waals surface area contributed by atoms with E-state index in [-0.39, 0.29) is 12.0 Å². The summed E-state index contributed by atoms with van der Waals surface area (Å²) in [6, 6.07) is 80.7. The van der Waals surface area contributed by atoms with Crippen molar-refractivity contribution < 1.29 is 13.0 Å². The molecule has 0 saturated heterocycles. The van der Waals surface area contributed by atoms with E-state index in [1.165, 1.54) is 128 Å². The molecule has 0 spiro atoms. The SMILES string of the molecule is CC1=C(c2ccccc2)/C(=C(\C=C2C=C(/C=C(/c3c(-c4ccccc4)n(C)c4ccccc34)C3c4ccccc4N(C)C3c3ccccc3)CCC\2)c2c(-c3ccccc3)n(C)c3ccccc23)c2ccccc21.CS(=O)(=O)O. The maximum absolute atomic E-state index is 9.19. The summed E-state index contributed by atoms with van der Waals surface area (Å²) >= 11 is 0. The minimum atomic E-state index is -3.67. The van der Waals surface area contributed by atoms with Gasteiger partial charge in [-0.2, -0.15) is 8.42 Å². The molecule has 3 aliphatic rings. The van der Waals surface area contributed by atoms with Crippen LogP contribution in [0.2, 0.25) is 0 Å². The van der Waals surface area contributed by atoms with Gasteiger partial charge in [-0.15, -0.1) is 0 Å². The Balaban J connectivity index is 0.00000119. The molecule has 10 aromatic rings. The highest BCUT2D eigenvalue weighted by molar-refractivity contribution is 7.85. The van der Waals surface area contributed by atoms with Crippen molar-refractivity contribution in [2.75, 3.05) is 18.2 Å². The molecule has 0 fully saturated rings. The first kappa shape index (κ1) is 51.0. The normalized spacial score (nSPS) is 17.4. The third-order valence-corrected chi connectivity index (χ3v) is 16.3. The van der Waals surface area contributed by atoms with E-state index >= 15 is 0 Å². The second kappa shape index (κ2) is 21.2. The first-order chi connectivity index (χ1) is 38.4. The van der Waals surface area contributed by atoms with Crippen LogP contribution in [0.15, 0.2) is 248 Å². The Morgan fingerprint density at radius 1 is 0.557 bits per heavy atom. The molecule has 79 heavy (non-hydrogen) atoms. The Labute approximate surface area is 464 Å². The average Bonchev–Trinajstić information content (AvgIpc) is 4.30. The summed E-state index contributed by atoms with van der Waals surface area (Å²) in [7, 11) is 3.13. The first-order valence-corrected chi connectivity index (χ1v) is 29.1. The number of nitrogens with zero attached hydrogens (tertiary/aromatic N) is 3. The number of likely N-dealkylation sites (N-methyl/N-ethyl adjacent to an activating group) is 1. The fourth-order valence-electron chi connectivity index (χ4n) is 13.0. The zero-order chi connectivity index (χ0) is 54.4. The van der Waals surface area contributed by atoms with Gasteiger partial charge in [0.2, 0.25) is 0 Å². The van der Waals surface area contributed by atoms with Crippen molar-refractivity contribution in [3.63, 3.8) is 0 Å². The highest BCUT2D eigenvalue weighted by Gasteiger charge is 2.42. The molecule has 390 valence electrons. The molecule has 6 nitrogen and oxygen atoms in total. The topological polar surface area (TPSA) is 67.5 Å². The fraction of sp³-hybridized carbons (Fsp3) is 0.139. The van der Waals surface area contributed by atoms with E-state index < -0.39 is 10.1 Å². The maximum Gasteiger partial charge on any atom is 0.261 e. The van der Waals surface area contributed by atoms with E-state index in [2.05, 4.69) is 279 Å². The lowest BCUT2D eigenvalue weighted by molar-refractivity contribution is 0.490. The summed E-state index contributed by atoms with van der Waals surface area (Å²) < 4.78 is 30.7. The van der Waals surface area contributed by atoms with Crippen LogP contribution in [0, 0.1) is 0 Å². The quantitative estimate of drug-likeness (QED) is 0.146. The Hall–Kier alpha value is -8.75. The van der Waals surface area contributed by atoms with Crippen molar-refractivity contribution in [1.82, 2.24) is 9.13 Å². The highest BCUT2D eigenvalue weighted by Crippen LogP contribution is 2.57. The van der Waals surface area contributed by atoms with Crippen molar-refractivity contribution >= 4 is 65.5 Å². The minimum Gasteiger partial charge on any atom is -0.366 e. The van der Waals surface area contributed by atoms with Gasteiger partial charge in [0, 0.05) is 65.7 Å². The molecule has 7 heteroatoms. The van der Waals surface area contributed by atoms with E-state index in [1.54, 1.807) is 0 Å². The van der Waals surface area contributed by atoms with Crippen LogP contribution < -0.4 is 4.90 Å². The van der Waals surface area contributed by atoms with Gasteiger partial charge in [0.1, 0.15) is 0 Å². The van der Waals surface area contributed by atoms with Gasteiger partial charge in [-0.3, -0.25) is 4.55 Å². The second-order valence-corrected chi connectivity index (χ2v) is 22.6. The van der Waals surface area contributed by atoms with Crippen molar-refractivity contribution in [2.24, 2.45) is 14.1 Å². The minimum absolute atomic E-state index is 0.0421. The van der Waals surface area contributed by atoms with Crippen LogP contribution >= 0.6 is 0 Å². The molecule has 2 unspecified atom stereocenters. The van der Waals surface area contributed by atoms with Crippen LogP contribution in [-0.4, -0.2) is 35.4 Å². The first-order valence-electron chi connectivity index (χ1n) is 27.2. The van der Waals surface area contributed by atoms with Gasteiger partial charge in [0.15, 0.2) is 0 Å². The number of anilines is 1. The zero-order valence-corrected chi connectivity index (χ0v) is 46.1. The lowest BCUT2D eigenvalue weighted by atomic mass is 9.78. The van der Waals surface area contributed by atoms with Crippen LogP contribution in [-0.2, 0) is 24.2 Å². The van der Waals surface area contributed by atoms with Gasteiger partial charge in [-0.05, 0) is 122 Å². The molecule has 0 amide bonds. The summed E-state index contributed by atoms with van der Waals surface area (Å²) in [5, 5.41) is 2.53. The Bertz CT molecular complexity index is 4230.